The summed E-state index contributed by atoms with van der Waals surface area (Å²) in [6.45, 7) is 5.64. The highest BCUT2D eigenvalue weighted by molar-refractivity contribution is 7.89. The van der Waals surface area contributed by atoms with E-state index in [0.29, 0.717) is 31.9 Å². The molecule has 1 saturated heterocycles. The van der Waals surface area contributed by atoms with Gasteiger partial charge in [0.05, 0.1) is 16.7 Å². The predicted octanol–water partition coefficient (Wildman–Crippen LogP) is -0.262. The molecule has 1 aliphatic heterocycles. The fourth-order valence-corrected chi connectivity index (χ4v) is 4.56. The third-order valence-electron chi connectivity index (χ3n) is 4.30. The van der Waals surface area contributed by atoms with Crippen molar-refractivity contribution in [2.75, 3.05) is 26.2 Å². The van der Waals surface area contributed by atoms with E-state index in [9.17, 15) is 13.5 Å². The molecule has 1 aromatic carbocycles. The Morgan fingerprint density at radius 1 is 1.36 bits per heavy atom. The Hall–Kier alpha value is -1.88. The van der Waals surface area contributed by atoms with Crippen molar-refractivity contribution in [3.05, 3.63) is 30.6 Å². The van der Waals surface area contributed by atoms with Crippen LogP contribution < -0.4 is 0 Å². The number of hydrogen-bond acceptors (Lipinski definition) is 7. The summed E-state index contributed by atoms with van der Waals surface area (Å²) in [7, 11) is -3.60. The molecular formula is C15H22N6O3S. The molecule has 9 nitrogen and oxygen atoms in total. The minimum Gasteiger partial charge on any atom is -0.392 e. The lowest BCUT2D eigenvalue weighted by Gasteiger charge is -2.39. The third-order valence-corrected chi connectivity index (χ3v) is 6.16. The van der Waals surface area contributed by atoms with Crippen LogP contribution in [0.25, 0.3) is 5.69 Å². The third kappa shape index (κ3) is 3.87. The minimum absolute atomic E-state index is 0.0424. The first-order valence-corrected chi connectivity index (χ1v) is 9.57. The lowest BCUT2D eigenvalue weighted by molar-refractivity contribution is 0.0699. The van der Waals surface area contributed by atoms with Crippen molar-refractivity contribution < 1.29 is 13.5 Å². The monoisotopic (exact) mass is 366 g/mol. The number of benzene rings is 1. The van der Waals surface area contributed by atoms with Gasteiger partial charge < -0.3 is 5.11 Å². The predicted molar refractivity (Wildman–Crippen MR) is 90.6 cm³/mol. The quantitative estimate of drug-likeness (QED) is 0.777. The second-order valence-electron chi connectivity index (χ2n) is 6.31. The van der Waals surface area contributed by atoms with Crippen LogP contribution >= 0.6 is 0 Å². The van der Waals surface area contributed by atoms with Crippen molar-refractivity contribution in [1.82, 2.24) is 29.4 Å². The first-order valence-electron chi connectivity index (χ1n) is 8.13. The molecule has 0 unspecified atom stereocenters. The summed E-state index contributed by atoms with van der Waals surface area (Å²) in [5.41, 5.74) is 0.590. The summed E-state index contributed by atoms with van der Waals surface area (Å²) < 4.78 is 28.9. The number of sulfonamides is 1. The summed E-state index contributed by atoms with van der Waals surface area (Å²) >= 11 is 0. The van der Waals surface area contributed by atoms with Crippen LogP contribution in [-0.4, -0.2) is 81.3 Å². The van der Waals surface area contributed by atoms with Gasteiger partial charge in [0.25, 0.3) is 0 Å². The zero-order chi connectivity index (χ0) is 18.0. The number of nitrogens with zero attached hydrogens (tertiary/aromatic N) is 6. The smallest absolute Gasteiger partial charge is 0.243 e. The molecule has 25 heavy (non-hydrogen) atoms. The van der Waals surface area contributed by atoms with Gasteiger partial charge in [-0.2, -0.15) is 4.31 Å². The van der Waals surface area contributed by atoms with Crippen LogP contribution in [0.1, 0.15) is 13.8 Å². The van der Waals surface area contributed by atoms with Crippen LogP contribution in [0.5, 0.6) is 0 Å². The number of rotatable bonds is 5. The Labute approximate surface area is 146 Å². The molecule has 2 atom stereocenters. The molecule has 2 aromatic rings. The van der Waals surface area contributed by atoms with Gasteiger partial charge >= 0.3 is 0 Å². The molecule has 10 heteroatoms. The molecule has 1 aliphatic rings. The highest BCUT2D eigenvalue weighted by Gasteiger charge is 2.32. The topological polar surface area (TPSA) is 104 Å². The van der Waals surface area contributed by atoms with E-state index in [-0.39, 0.29) is 10.9 Å². The molecule has 0 saturated carbocycles. The van der Waals surface area contributed by atoms with Crippen molar-refractivity contribution in [2.24, 2.45) is 0 Å². The van der Waals surface area contributed by atoms with E-state index in [0.717, 1.165) is 0 Å². The summed E-state index contributed by atoms with van der Waals surface area (Å²) in [6, 6.07) is 6.62. The van der Waals surface area contributed by atoms with Gasteiger partial charge in [-0.1, -0.05) is 6.07 Å². The molecule has 3 rings (SSSR count). The standard InChI is InChI=1S/C15H22N6O3S/c1-12-9-20(7-6-19(12)10-13(2)22)25(23,24)15-5-3-4-14(8-15)21-11-16-17-18-21/h3-5,8,11-13,22H,6-7,9-10H2,1-2H3/t12-,13-/m1/s1. The number of aromatic nitrogens is 4. The molecular weight excluding hydrogens is 344 g/mol. The van der Waals surface area contributed by atoms with Gasteiger partial charge in [-0.05, 0) is 42.5 Å². The first kappa shape index (κ1) is 17.9. The van der Waals surface area contributed by atoms with E-state index < -0.39 is 16.1 Å². The van der Waals surface area contributed by atoms with Crippen molar-refractivity contribution >= 4 is 10.0 Å². The van der Waals surface area contributed by atoms with E-state index in [2.05, 4.69) is 20.4 Å². The maximum absolute atomic E-state index is 13.0. The Balaban J connectivity index is 1.80. The molecule has 0 amide bonds. The minimum atomic E-state index is -3.60. The van der Waals surface area contributed by atoms with Crippen LogP contribution in [0, 0.1) is 0 Å². The van der Waals surface area contributed by atoms with Gasteiger partial charge in [0.1, 0.15) is 6.33 Å². The Bertz CT molecular complexity index is 808. The lowest BCUT2D eigenvalue weighted by atomic mass is 10.2. The second kappa shape index (κ2) is 7.16. The Morgan fingerprint density at radius 3 is 2.80 bits per heavy atom. The van der Waals surface area contributed by atoms with E-state index in [1.807, 2.05) is 6.92 Å². The molecule has 1 fully saturated rings. The number of hydrogen-bond donors (Lipinski definition) is 1. The Kier molecular flexibility index (Phi) is 5.13. The van der Waals surface area contributed by atoms with E-state index in [4.69, 9.17) is 0 Å². The van der Waals surface area contributed by atoms with E-state index in [1.165, 1.54) is 15.3 Å². The number of piperazine rings is 1. The summed E-state index contributed by atoms with van der Waals surface area (Å²) in [5, 5.41) is 20.5. The van der Waals surface area contributed by atoms with E-state index in [1.54, 1.807) is 31.2 Å². The molecule has 1 N–H and O–H groups in total. The molecule has 2 heterocycles. The summed E-state index contributed by atoms with van der Waals surface area (Å²) in [4.78, 5) is 2.32. The van der Waals surface area contributed by atoms with Gasteiger partial charge in [0.15, 0.2) is 0 Å². The van der Waals surface area contributed by atoms with Crippen LogP contribution in [0.15, 0.2) is 35.5 Å². The normalized spacial score (nSPS) is 21.3. The molecule has 1 aromatic heterocycles. The maximum Gasteiger partial charge on any atom is 0.243 e. The van der Waals surface area contributed by atoms with Crippen LogP contribution in [-0.2, 0) is 10.0 Å². The average molecular weight is 366 g/mol. The van der Waals surface area contributed by atoms with Crippen LogP contribution in [0.2, 0.25) is 0 Å². The highest BCUT2D eigenvalue weighted by atomic mass is 32.2. The maximum atomic E-state index is 13.0. The lowest BCUT2D eigenvalue weighted by Crippen LogP contribution is -2.54. The first-order chi connectivity index (χ1) is 11.9. The molecule has 0 radical (unpaired) electrons. The molecule has 136 valence electrons. The van der Waals surface area contributed by atoms with E-state index >= 15 is 0 Å². The molecule has 0 spiro atoms. The summed E-state index contributed by atoms with van der Waals surface area (Å²) in [6.07, 6.45) is 0.987. The average Bonchev–Trinajstić information content (AvgIpc) is 3.11. The van der Waals surface area contributed by atoms with Crippen LogP contribution in [0.4, 0.5) is 0 Å². The fraction of sp³-hybridized carbons (Fsp3) is 0.533. The number of aliphatic hydroxyl groups is 1. The Morgan fingerprint density at radius 2 is 2.16 bits per heavy atom. The zero-order valence-corrected chi connectivity index (χ0v) is 15.0. The van der Waals surface area contributed by atoms with Crippen LogP contribution in [0.3, 0.4) is 0 Å². The molecule has 0 bridgehead atoms. The number of aliphatic hydroxyl groups excluding tert-OH is 1. The second-order valence-corrected chi connectivity index (χ2v) is 8.25. The van der Waals surface area contributed by atoms with Gasteiger partial charge in [0, 0.05) is 32.2 Å². The van der Waals surface area contributed by atoms with Gasteiger partial charge in [-0.3, -0.25) is 4.90 Å². The SMILES string of the molecule is C[C@@H]1CN(S(=O)(=O)c2cccc(-n3cnnn3)c2)CCN1C[C@@H](C)O. The summed E-state index contributed by atoms with van der Waals surface area (Å²) in [5.74, 6) is 0. The van der Waals surface area contributed by atoms with Crippen molar-refractivity contribution in [3.63, 3.8) is 0 Å². The molecule has 0 aliphatic carbocycles. The highest BCUT2D eigenvalue weighted by Crippen LogP contribution is 2.22. The van der Waals surface area contributed by atoms with Crippen molar-refractivity contribution in [2.45, 2.75) is 30.9 Å². The number of tetrazole rings is 1. The van der Waals surface area contributed by atoms with Crippen molar-refractivity contribution in [3.8, 4) is 5.69 Å². The van der Waals surface area contributed by atoms with Gasteiger partial charge in [0.2, 0.25) is 10.0 Å². The van der Waals surface area contributed by atoms with Crippen molar-refractivity contribution in [1.29, 1.82) is 0 Å². The zero-order valence-electron chi connectivity index (χ0n) is 14.2. The number of β-amino-alcohol motifs (C(OH)–C–C–N with tert-alkyl or cyclic N) is 1. The van der Waals surface area contributed by atoms with Gasteiger partial charge in [-0.25, -0.2) is 13.1 Å². The van der Waals surface area contributed by atoms with Gasteiger partial charge in [-0.15, -0.1) is 5.10 Å². The fourth-order valence-electron chi connectivity index (χ4n) is 3.01. The largest absolute Gasteiger partial charge is 0.392 e.